The van der Waals surface area contributed by atoms with E-state index in [0.29, 0.717) is 0 Å². The standard InChI is InChI=1S/C14H20ClNO5S/c1-13(2,3)12(19)21-6-20-11(18)8-14(4,5)22-10-7(15)9(17)16(8)10/h7-8,10H,6H2,1-5H3/t7-,8+,10-/m1/s1. The van der Waals surface area contributed by atoms with Crippen LogP contribution in [0.5, 0.6) is 0 Å². The molecule has 0 radical (unpaired) electrons. The summed E-state index contributed by atoms with van der Waals surface area (Å²) in [6.07, 6.45) is 0. The average molecular weight is 350 g/mol. The summed E-state index contributed by atoms with van der Waals surface area (Å²) in [5, 5.41) is -0.806. The van der Waals surface area contributed by atoms with Gasteiger partial charge in [0, 0.05) is 4.75 Å². The van der Waals surface area contributed by atoms with E-state index < -0.39 is 40.3 Å². The first-order valence-electron chi connectivity index (χ1n) is 6.95. The van der Waals surface area contributed by atoms with Gasteiger partial charge in [-0.25, -0.2) is 4.79 Å². The highest BCUT2D eigenvalue weighted by Crippen LogP contribution is 2.52. The van der Waals surface area contributed by atoms with Crippen molar-refractivity contribution >= 4 is 41.2 Å². The number of esters is 2. The number of amides is 1. The van der Waals surface area contributed by atoms with Gasteiger partial charge in [-0.1, -0.05) is 0 Å². The Morgan fingerprint density at radius 1 is 1.32 bits per heavy atom. The Kier molecular flexibility index (Phi) is 4.43. The van der Waals surface area contributed by atoms with E-state index in [1.165, 1.54) is 16.7 Å². The van der Waals surface area contributed by atoms with Crippen LogP contribution in [0, 0.1) is 5.41 Å². The molecular formula is C14H20ClNO5S. The van der Waals surface area contributed by atoms with Crippen LogP contribution in [-0.2, 0) is 23.9 Å². The Hall–Kier alpha value is -0.950. The van der Waals surface area contributed by atoms with Gasteiger partial charge in [-0.2, -0.15) is 0 Å². The van der Waals surface area contributed by atoms with Crippen LogP contribution in [0.3, 0.4) is 0 Å². The van der Waals surface area contributed by atoms with Gasteiger partial charge < -0.3 is 14.4 Å². The van der Waals surface area contributed by atoms with Crippen molar-refractivity contribution in [1.82, 2.24) is 4.90 Å². The average Bonchev–Trinajstić information content (AvgIpc) is 2.65. The topological polar surface area (TPSA) is 72.9 Å². The van der Waals surface area contributed by atoms with E-state index in [9.17, 15) is 14.4 Å². The molecule has 0 spiro atoms. The van der Waals surface area contributed by atoms with E-state index in [1.807, 2.05) is 13.8 Å². The summed E-state index contributed by atoms with van der Waals surface area (Å²) in [5.41, 5.74) is -0.667. The number of hydrogen-bond acceptors (Lipinski definition) is 6. The van der Waals surface area contributed by atoms with Crippen molar-refractivity contribution in [3.63, 3.8) is 0 Å². The lowest BCUT2D eigenvalue weighted by Crippen LogP contribution is -2.63. The molecule has 0 aliphatic carbocycles. The van der Waals surface area contributed by atoms with Crippen molar-refractivity contribution in [3.05, 3.63) is 0 Å². The molecule has 2 fully saturated rings. The zero-order chi connectivity index (χ0) is 16.9. The third-order valence-electron chi connectivity index (χ3n) is 3.60. The Balaban J connectivity index is 1.95. The molecule has 0 aromatic rings. The molecule has 0 bridgehead atoms. The highest BCUT2D eigenvalue weighted by atomic mass is 35.5. The molecule has 0 aromatic heterocycles. The molecule has 0 N–H and O–H groups in total. The number of ether oxygens (including phenoxy) is 2. The van der Waals surface area contributed by atoms with Crippen LogP contribution >= 0.6 is 23.4 Å². The molecule has 6 nitrogen and oxygen atoms in total. The first kappa shape index (κ1) is 17.4. The number of thioether (sulfide) groups is 1. The second-order valence-corrected chi connectivity index (χ2v) is 9.17. The monoisotopic (exact) mass is 349 g/mol. The Morgan fingerprint density at radius 3 is 2.45 bits per heavy atom. The van der Waals surface area contributed by atoms with Crippen molar-refractivity contribution in [3.8, 4) is 0 Å². The maximum Gasteiger partial charge on any atom is 0.333 e. The van der Waals surface area contributed by atoms with Crippen LogP contribution < -0.4 is 0 Å². The minimum Gasteiger partial charge on any atom is -0.427 e. The minimum absolute atomic E-state index is 0.209. The van der Waals surface area contributed by atoms with Gasteiger partial charge in [-0.3, -0.25) is 9.59 Å². The van der Waals surface area contributed by atoms with E-state index in [4.69, 9.17) is 21.1 Å². The summed E-state index contributed by atoms with van der Waals surface area (Å²) in [6.45, 7) is 8.39. The largest absolute Gasteiger partial charge is 0.427 e. The van der Waals surface area contributed by atoms with E-state index in [2.05, 4.69) is 0 Å². The molecule has 2 saturated heterocycles. The lowest BCUT2D eigenvalue weighted by molar-refractivity contribution is -0.179. The highest BCUT2D eigenvalue weighted by Gasteiger charge is 2.63. The lowest BCUT2D eigenvalue weighted by atomic mass is 9.97. The Labute approximate surface area is 138 Å². The third-order valence-corrected chi connectivity index (χ3v) is 5.75. The summed E-state index contributed by atoms with van der Waals surface area (Å²) in [7, 11) is 0. The molecule has 2 heterocycles. The number of rotatable bonds is 3. The van der Waals surface area contributed by atoms with E-state index >= 15 is 0 Å². The number of carbonyl (C=O) groups excluding carboxylic acids is 3. The van der Waals surface area contributed by atoms with Crippen LogP contribution in [0.2, 0.25) is 0 Å². The first-order chi connectivity index (χ1) is 9.97. The molecule has 8 heteroatoms. The summed E-state index contributed by atoms with van der Waals surface area (Å²) < 4.78 is 9.44. The van der Waals surface area contributed by atoms with Gasteiger partial charge in [0.2, 0.25) is 12.7 Å². The van der Waals surface area contributed by atoms with E-state index in [-0.39, 0.29) is 11.3 Å². The molecule has 0 saturated carbocycles. The maximum absolute atomic E-state index is 12.3. The van der Waals surface area contributed by atoms with Crippen molar-refractivity contribution in [2.75, 3.05) is 6.79 Å². The minimum atomic E-state index is -0.724. The smallest absolute Gasteiger partial charge is 0.333 e. The number of carbonyl (C=O) groups is 3. The molecule has 22 heavy (non-hydrogen) atoms. The van der Waals surface area contributed by atoms with E-state index in [0.717, 1.165) is 0 Å². The SMILES string of the molecule is CC(C)(C)C(=O)OCOC(=O)[C@@H]1N2C(=O)[C@@H](Cl)[C@H]2SC1(C)C. The van der Waals surface area contributed by atoms with Gasteiger partial charge in [-0.15, -0.1) is 23.4 Å². The normalized spacial score (nSPS) is 29.6. The molecule has 0 unspecified atom stereocenters. The number of nitrogens with zero attached hydrogens (tertiary/aromatic N) is 1. The van der Waals surface area contributed by atoms with Gasteiger partial charge in [0.1, 0.15) is 16.8 Å². The molecule has 124 valence electrons. The molecule has 0 aromatic carbocycles. The summed E-state index contributed by atoms with van der Waals surface area (Å²) in [4.78, 5) is 37.2. The Morgan fingerprint density at radius 2 is 1.91 bits per heavy atom. The highest BCUT2D eigenvalue weighted by molar-refractivity contribution is 8.01. The van der Waals surface area contributed by atoms with Crippen LogP contribution in [0.25, 0.3) is 0 Å². The quantitative estimate of drug-likeness (QED) is 0.334. The van der Waals surface area contributed by atoms with Crippen molar-refractivity contribution in [1.29, 1.82) is 0 Å². The second-order valence-electron chi connectivity index (χ2n) is 6.92. The number of fused-ring (bicyclic) bond motifs is 1. The van der Waals surface area contributed by atoms with Crippen LogP contribution in [0.1, 0.15) is 34.6 Å². The zero-order valence-electron chi connectivity index (χ0n) is 13.2. The fraction of sp³-hybridized carbons (Fsp3) is 0.786. The van der Waals surface area contributed by atoms with Crippen LogP contribution in [-0.4, -0.2) is 51.1 Å². The fourth-order valence-electron chi connectivity index (χ4n) is 2.38. The second kappa shape index (κ2) is 5.60. The van der Waals surface area contributed by atoms with Crippen LogP contribution in [0.15, 0.2) is 0 Å². The first-order valence-corrected chi connectivity index (χ1v) is 8.26. The molecule has 2 rings (SSSR count). The molecular weight excluding hydrogens is 330 g/mol. The van der Waals surface area contributed by atoms with Gasteiger partial charge >= 0.3 is 11.9 Å². The number of β-lactam (4-membered cyclic amide) rings is 1. The van der Waals surface area contributed by atoms with Crippen molar-refractivity contribution in [2.24, 2.45) is 5.41 Å². The zero-order valence-corrected chi connectivity index (χ0v) is 14.8. The molecule has 3 atom stereocenters. The van der Waals surface area contributed by atoms with Gasteiger partial charge in [0.05, 0.1) is 5.41 Å². The Bertz CT molecular complexity index is 516. The summed E-state index contributed by atoms with van der Waals surface area (Å²) in [5.74, 6) is -1.31. The number of hydrogen-bond donors (Lipinski definition) is 0. The van der Waals surface area contributed by atoms with Gasteiger partial charge in [0.15, 0.2) is 0 Å². The van der Waals surface area contributed by atoms with Crippen molar-refractivity contribution < 1.29 is 23.9 Å². The fourth-order valence-corrected chi connectivity index (χ4v) is 4.31. The van der Waals surface area contributed by atoms with Crippen molar-refractivity contribution in [2.45, 2.75) is 56.2 Å². The van der Waals surface area contributed by atoms with Gasteiger partial charge in [-0.05, 0) is 34.6 Å². The lowest BCUT2D eigenvalue weighted by Gasteiger charge is -2.40. The molecule has 1 amide bonds. The number of alkyl halides is 1. The molecule has 2 aliphatic rings. The molecule has 2 aliphatic heterocycles. The predicted molar refractivity (Wildman–Crippen MR) is 82.2 cm³/mol. The predicted octanol–water partition coefficient (Wildman–Crippen LogP) is 1.75. The number of halogens is 1. The van der Waals surface area contributed by atoms with Crippen LogP contribution in [0.4, 0.5) is 0 Å². The summed E-state index contributed by atoms with van der Waals surface area (Å²) in [6, 6.07) is -0.724. The van der Waals surface area contributed by atoms with E-state index in [1.54, 1.807) is 20.8 Å². The maximum atomic E-state index is 12.3. The third kappa shape index (κ3) is 2.93. The van der Waals surface area contributed by atoms with Gasteiger partial charge in [0.25, 0.3) is 0 Å². The summed E-state index contributed by atoms with van der Waals surface area (Å²) >= 11 is 7.43.